The summed E-state index contributed by atoms with van der Waals surface area (Å²) in [6.07, 6.45) is 5.69. The Morgan fingerprint density at radius 3 is 2.43 bits per heavy atom. The third-order valence-electron chi connectivity index (χ3n) is 4.00. The lowest BCUT2D eigenvalue weighted by Gasteiger charge is -2.27. The van der Waals surface area contributed by atoms with Crippen molar-refractivity contribution in [1.82, 2.24) is 9.88 Å². The highest BCUT2D eigenvalue weighted by Gasteiger charge is 2.15. The molecule has 0 aliphatic rings. The van der Waals surface area contributed by atoms with Crippen LogP contribution in [0.25, 0.3) is 0 Å². The SMILES string of the molecule is CCCOc1ccc(C(CN)N(C)CCc2ccncc2)cc1. The van der Waals surface area contributed by atoms with Gasteiger partial charge in [-0.1, -0.05) is 19.1 Å². The first-order valence-electron chi connectivity index (χ1n) is 8.26. The standard InChI is InChI=1S/C19H27N3O/c1-3-14-23-18-6-4-17(5-7-18)19(15-20)22(2)13-10-16-8-11-21-12-9-16/h4-9,11-12,19H,3,10,13-15,20H2,1-2H3. The van der Waals surface area contributed by atoms with Gasteiger partial charge >= 0.3 is 0 Å². The molecule has 23 heavy (non-hydrogen) atoms. The molecule has 124 valence electrons. The maximum Gasteiger partial charge on any atom is 0.119 e. The number of nitrogens with zero attached hydrogens (tertiary/aromatic N) is 2. The predicted molar refractivity (Wildman–Crippen MR) is 94.6 cm³/mol. The summed E-state index contributed by atoms with van der Waals surface area (Å²) in [6.45, 7) is 4.42. The molecule has 1 atom stereocenters. The molecule has 4 nitrogen and oxygen atoms in total. The minimum atomic E-state index is 0.220. The van der Waals surface area contributed by atoms with E-state index in [9.17, 15) is 0 Å². The smallest absolute Gasteiger partial charge is 0.119 e. The second-order valence-electron chi connectivity index (χ2n) is 5.76. The third kappa shape index (κ3) is 5.34. The highest BCUT2D eigenvalue weighted by Crippen LogP contribution is 2.21. The number of benzene rings is 1. The van der Waals surface area contributed by atoms with Gasteiger partial charge in [-0.05, 0) is 55.3 Å². The van der Waals surface area contributed by atoms with Crippen LogP contribution in [0.1, 0.15) is 30.5 Å². The molecule has 0 radical (unpaired) electrons. The first-order valence-corrected chi connectivity index (χ1v) is 8.26. The van der Waals surface area contributed by atoms with Crippen molar-refractivity contribution in [3.05, 3.63) is 59.9 Å². The summed E-state index contributed by atoms with van der Waals surface area (Å²) in [4.78, 5) is 6.36. The second-order valence-corrected chi connectivity index (χ2v) is 5.76. The van der Waals surface area contributed by atoms with E-state index in [-0.39, 0.29) is 6.04 Å². The quantitative estimate of drug-likeness (QED) is 0.773. The van der Waals surface area contributed by atoms with Crippen LogP contribution in [0.4, 0.5) is 0 Å². The van der Waals surface area contributed by atoms with Crippen molar-refractivity contribution < 1.29 is 4.74 Å². The van der Waals surface area contributed by atoms with E-state index >= 15 is 0 Å². The van der Waals surface area contributed by atoms with E-state index in [1.54, 1.807) is 0 Å². The van der Waals surface area contributed by atoms with Gasteiger partial charge in [0, 0.05) is 31.5 Å². The monoisotopic (exact) mass is 313 g/mol. The summed E-state index contributed by atoms with van der Waals surface area (Å²) >= 11 is 0. The molecule has 1 aromatic carbocycles. The van der Waals surface area contributed by atoms with Crippen LogP contribution in [-0.4, -0.2) is 36.6 Å². The number of likely N-dealkylation sites (N-methyl/N-ethyl adjacent to an activating group) is 1. The number of hydrogen-bond donors (Lipinski definition) is 1. The zero-order valence-electron chi connectivity index (χ0n) is 14.1. The van der Waals surface area contributed by atoms with Crippen molar-refractivity contribution in [2.45, 2.75) is 25.8 Å². The lowest BCUT2D eigenvalue weighted by Crippen LogP contribution is -2.32. The Morgan fingerprint density at radius 1 is 1.13 bits per heavy atom. The van der Waals surface area contributed by atoms with Gasteiger partial charge in [0.25, 0.3) is 0 Å². The topological polar surface area (TPSA) is 51.4 Å². The zero-order chi connectivity index (χ0) is 16.5. The number of pyridine rings is 1. The number of aromatic nitrogens is 1. The van der Waals surface area contributed by atoms with Gasteiger partial charge in [0.2, 0.25) is 0 Å². The van der Waals surface area contributed by atoms with Gasteiger partial charge in [0.05, 0.1) is 6.61 Å². The molecule has 0 amide bonds. The average molecular weight is 313 g/mol. The van der Waals surface area contributed by atoms with E-state index in [4.69, 9.17) is 10.5 Å². The summed E-state index contributed by atoms with van der Waals surface area (Å²) < 4.78 is 5.64. The van der Waals surface area contributed by atoms with Gasteiger partial charge in [-0.2, -0.15) is 0 Å². The van der Waals surface area contributed by atoms with Gasteiger partial charge < -0.3 is 10.5 Å². The Balaban J connectivity index is 1.94. The number of nitrogens with two attached hydrogens (primary N) is 1. The molecule has 1 aromatic heterocycles. The van der Waals surface area contributed by atoms with Crippen molar-refractivity contribution in [2.75, 3.05) is 26.7 Å². The molecular weight excluding hydrogens is 286 g/mol. The summed E-state index contributed by atoms with van der Waals surface area (Å²) in [6, 6.07) is 12.6. The van der Waals surface area contributed by atoms with Crippen LogP contribution < -0.4 is 10.5 Å². The van der Waals surface area contributed by atoms with Crippen LogP contribution >= 0.6 is 0 Å². The van der Waals surface area contributed by atoms with Gasteiger partial charge in [-0.3, -0.25) is 9.88 Å². The summed E-state index contributed by atoms with van der Waals surface area (Å²) in [5, 5.41) is 0. The fourth-order valence-corrected chi connectivity index (χ4v) is 2.59. The lowest BCUT2D eigenvalue weighted by atomic mass is 10.0. The molecule has 2 rings (SSSR count). The predicted octanol–water partition coefficient (Wildman–Crippen LogP) is 3.04. The van der Waals surface area contributed by atoms with Crippen molar-refractivity contribution >= 4 is 0 Å². The maximum atomic E-state index is 6.01. The minimum Gasteiger partial charge on any atom is -0.494 e. The fraction of sp³-hybridized carbons (Fsp3) is 0.421. The molecule has 2 N–H and O–H groups in total. The van der Waals surface area contributed by atoms with E-state index in [0.29, 0.717) is 6.54 Å². The third-order valence-corrected chi connectivity index (χ3v) is 4.00. The molecule has 1 heterocycles. The molecule has 1 unspecified atom stereocenters. The van der Waals surface area contributed by atoms with E-state index in [2.05, 4.69) is 48.1 Å². The Kier molecular flexibility index (Phi) is 7.04. The van der Waals surface area contributed by atoms with E-state index in [1.807, 2.05) is 24.5 Å². The molecular formula is C19H27N3O. The molecule has 2 aromatic rings. The van der Waals surface area contributed by atoms with Crippen molar-refractivity contribution in [3.63, 3.8) is 0 Å². The Bertz CT molecular complexity index is 557. The fourth-order valence-electron chi connectivity index (χ4n) is 2.59. The van der Waals surface area contributed by atoms with E-state index in [0.717, 1.165) is 31.7 Å². The Morgan fingerprint density at radius 2 is 1.83 bits per heavy atom. The number of hydrogen-bond acceptors (Lipinski definition) is 4. The molecule has 0 fully saturated rings. The highest BCUT2D eigenvalue weighted by atomic mass is 16.5. The highest BCUT2D eigenvalue weighted by molar-refractivity contribution is 5.29. The zero-order valence-corrected chi connectivity index (χ0v) is 14.1. The number of ether oxygens (including phenoxy) is 1. The second kappa shape index (κ2) is 9.28. The van der Waals surface area contributed by atoms with Crippen LogP contribution in [0.2, 0.25) is 0 Å². The molecule has 4 heteroatoms. The first-order chi connectivity index (χ1) is 11.2. The lowest BCUT2D eigenvalue weighted by molar-refractivity contribution is 0.253. The van der Waals surface area contributed by atoms with Crippen LogP contribution in [0.5, 0.6) is 5.75 Å². The maximum absolute atomic E-state index is 6.01. The van der Waals surface area contributed by atoms with Crippen molar-refractivity contribution in [3.8, 4) is 5.75 Å². The van der Waals surface area contributed by atoms with Crippen LogP contribution in [0.15, 0.2) is 48.8 Å². The Hall–Kier alpha value is -1.91. The van der Waals surface area contributed by atoms with E-state index < -0.39 is 0 Å². The normalized spacial score (nSPS) is 12.3. The van der Waals surface area contributed by atoms with Crippen LogP contribution in [-0.2, 0) is 6.42 Å². The Labute approximate surface area is 139 Å². The largest absolute Gasteiger partial charge is 0.494 e. The van der Waals surface area contributed by atoms with Crippen molar-refractivity contribution in [1.29, 1.82) is 0 Å². The van der Waals surface area contributed by atoms with Gasteiger partial charge in [-0.25, -0.2) is 0 Å². The molecule has 0 saturated heterocycles. The van der Waals surface area contributed by atoms with Gasteiger partial charge in [0.15, 0.2) is 0 Å². The summed E-state index contributed by atoms with van der Waals surface area (Å²) in [5.41, 5.74) is 8.54. The first kappa shape index (κ1) is 17.4. The molecule has 0 bridgehead atoms. The minimum absolute atomic E-state index is 0.220. The summed E-state index contributed by atoms with van der Waals surface area (Å²) in [5.74, 6) is 0.922. The molecule has 0 saturated carbocycles. The summed E-state index contributed by atoms with van der Waals surface area (Å²) in [7, 11) is 2.13. The molecule has 0 spiro atoms. The van der Waals surface area contributed by atoms with Gasteiger partial charge in [-0.15, -0.1) is 0 Å². The van der Waals surface area contributed by atoms with Crippen LogP contribution in [0, 0.1) is 0 Å². The number of rotatable bonds is 9. The molecule has 0 aliphatic heterocycles. The van der Waals surface area contributed by atoms with Gasteiger partial charge in [0.1, 0.15) is 5.75 Å². The average Bonchev–Trinajstić information content (AvgIpc) is 2.61. The van der Waals surface area contributed by atoms with Crippen molar-refractivity contribution in [2.24, 2.45) is 5.73 Å². The van der Waals surface area contributed by atoms with E-state index in [1.165, 1.54) is 11.1 Å². The van der Waals surface area contributed by atoms with Crippen LogP contribution in [0.3, 0.4) is 0 Å². The molecule has 0 aliphatic carbocycles.